The Kier molecular flexibility index (Phi) is 1.59. The number of halogens is 2. The van der Waals surface area contributed by atoms with Crippen molar-refractivity contribution in [2.45, 2.75) is 6.04 Å². The molecule has 0 unspecified atom stereocenters. The van der Waals surface area contributed by atoms with Crippen LogP contribution in [0.4, 0.5) is 4.39 Å². The predicted molar refractivity (Wildman–Crippen MR) is 42.2 cm³/mol. The molecular formula is C8H7ClFN. The molecule has 3 heteroatoms. The minimum Gasteiger partial charge on any atom is -0.307 e. The number of benzene rings is 1. The van der Waals surface area contributed by atoms with E-state index in [1.165, 1.54) is 0 Å². The van der Waals surface area contributed by atoms with E-state index in [4.69, 9.17) is 11.6 Å². The second-order valence-corrected chi connectivity index (χ2v) is 3.01. The van der Waals surface area contributed by atoms with Crippen molar-refractivity contribution >= 4 is 11.6 Å². The SMILES string of the molecule is Fc1c(Cl)cccc1[C@H]1CN1. The van der Waals surface area contributed by atoms with Crippen LogP contribution in [-0.4, -0.2) is 6.54 Å². The summed E-state index contributed by atoms with van der Waals surface area (Å²) in [4.78, 5) is 0. The van der Waals surface area contributed by atoms with E-state index in [2.05, 4.69) is 5.32 Å². The van der Waals surface area contributed by atoms with Crippen molar-refractivity contribution in [3.63, 3.8) is 0 Å². The highest BCUT2D eigenvalue weighted by molar-refractivity contribution is 6.30. The first kappa shape index (κ1) is 7.07. The Morgan fingerprint density at radius 3 is 2.91 bits per heavy atom. The number of rotatable bonds is 1. The van der Waals surface area contributed by atoms with Gasteiger partial charge in [0.2, 0.25) is 0 Å². The van der Waals surface area contributed by atoms with Crippen LogP contribution in [0.5, 0.6) is 0 Å². The lowest BCUT2D eigenvalue weighted by atomic mass is 10.1. The van der Waals surface area contributed by atoms with Crippen molar-refractivity contribution in [2.75, 3.05) is 6.54 Å². The summed E-state index contributed by atoms with van der Waals surface area (Å²) < 4.78 is 13.1. The van der Waals surface area contributed by atoms with Crippen LogP contribution in [0.15, 0.2) is 18.2 Å². The zero-order chi connectivity index (χ0) is 7.84. The molecule has 1 fully saturated rings. The monoisotopic (exact) mass is 171 g/mol. The van der Waals surface area contributed by atoms with Gasteiger partial charge in [0.05, 0.1) is 5.02 Å². The second-order valence-electron chi connectivity index (χ2n) is 2.60. The molecule has 11 heavy (non-hydrogen) atoms. The molecule has 58 valence electrons. The van der Waals surface area contributed by atoms with Crippen molar-refractivity contribution in [1.29, 1.82) is 0 Å². The van der Waals surface area contributed by atoms with Crippen LogP contribution in [-0.2, 0) is 0 Å². The van der Waals surface area contributed by atoms with E-state index in [1.807, 2.05) is 0 Å². The van der Waals surface area contributed by atoms with Crippen LogP contribution in [0.2, 0.25) is 5.02 Å². The molecule has 1 saturated heterocycles. The molecule has 1 aromatic rings. The van der Waals surface area contributed by atoms with Gasteiger partial charge in [-0.15, -0.1) is 0 Å². The average Bonchev–Trinajstić information content (AvgIpc) is 2.77. The zero-order valence-electron chi connectivity index (χ0n) is 5.77. The highest BCUT2D eigenvalue weighted by atomic mass is 35.5. The molecule has 0 amide bonds. The first-order valence-electron chi connectivity index (χ1n) is 3.46. The third kappa shape index (κ3) is 1.24. The summed E-state index contributed by atoms with van der Waals surface area (Å²) in [6.07, 6.45) is 0. The highest BCUT2D eigenvalue weighted by Gasteiger charge is 2.25. The fourth-order valence-corrected chi connectivity index (χ4v) is 1.25. The topological polar surface area (TPSA) is 21.9 Å². The predicted octanol–water partition coefficient (Wildman–Crippen LogP) is 2.12. The Bertz CT molecular complexity index is 283. The molecule has 0 saturated carbocycles. The lowest BCUT2D eigenvalue weighted by Crippen LogP contribution is -1.90. The van der Waals surface area contributed by atoms with Gasteiger partial charge in [0.1, 0.15) is 5.82 Å². The van der Waals surface area contributed by atoms with E-state index in [-0.39, 0.29) is 16.9 Å². The quantitative estimate of drug-likeness (QED) is 0.643. The van der Waals surface area contributed by atoms with Gasteiger partial charge < -0.3 is 5.32 Å². The van der Waals surface area contributed by atoms with Crippen molar-refractivity contribution in [2.24, 2.45) is 0 Å². The molecule has 1 aliphatic heterocycles. The molecule has 0 aliphatic carbocycles. The van der Waals surface area contributed by atoms with Gasteiger partial charge in [-0.05, 0) is 6.07 Å². The largest absolute Gasteiger partial charge is 0.307 e. The maximum atomic E-state index is 13.1. The summed E-state index contributed by atoms with van der Waals surface area (Å²) in [5, 5.41) is 3.22. The molecule has 0 aromatic heterocycles. The van der Waals surface area contributed by atoms with Crippen LogP contribution in [0.1, 0.15) is 11.6 Å². The van der Waals surface area contributed by atoms with Crippen molar-refractivity contribution < 1.29 is 4.39 Å². The molecule has 0 bridgehead atoms. The van der Waals surface area contributed by atoms with Crippen LogP contribution in [0.3, 0.4) is 0 Å². The molecule has 1 atom stereocenters. The first-order chi connectivity index (χ1) is 5.29. The number of hydrogen-bond donors (Lipinski definition) is 1. The van der Waals surface area contributed by atoms with E-state index >= 15 is 0 Å². The first-order valence-corrected chi connectivity index (χ1v) is 3.84. The summed E-state index contributed by atoms with van der Waals surface area (Å²) in [5.74, 6) is -0.288. The van der Waals surface area contributed by atoms with Crippen LogP contribution in [0, 0.1) is 5.82 Å². The smallest absolute Gasteiger partial charge is 0.146 e. The summed E-state index contributed by atoms with van der Waals surface area (Å²) in [7, 11) is 0. The highest BCUT2D eigenvalue weighted by Crippen LogP contribution is 2.27. The summed E-state index contributed by atoms with van der Waals surface area (Å²) in [6, 6.07) is 5.27. The van der Waals surface area contributed by atoms with Crippen molar-refractivity contribution in [1.82, 2.24) is 5.32 Å². The van der Waals surface area contributed by atoms with E-state index in [0.717, 1.165) is 6.54 Å². The minimum atomic E-state index is -0.288. The molecule has 0 spiro atoms. The Morgan fingerprint density at radius 1 is 1.55 bits per heavy atom. The van der Waals surface area contributed by atoms with Gasteiger partial charge in [0, 0.05) is 18.2 Å². The van der Waals surface area contributed by atoms with Crippen molar-refractivity contribution in [3.8, 4) is 0 Å². The number of hydrogen-bond acceptors (Lipinski definition) is 1. The van der Waals surface area contributed by atoms with Crippen molar-refractivity contribution in [3.05, 3.63) is 34.6 Å². The summed E-state index contributed by atoms with van der Waals surface area (Å²) in [5.41, 5.74) is 0.678. The van der Waals surface area contributed by atoms with Gasteiger partial charge in [0.25, 0.3) is 0 Å². The standard InChI is InChI=1S/C8H7ClFN/c9-6-3-1-2-5(8(6)10)7-4-11-7/h1-3,7,11H,4H2/t7-/m1/s1. The zero-order valence-corrected chi connectivity index (χ0v) is 6.53. The maximum Gasteiger partial charge on any atom is 0.146 e. The van der Waals surface area contributed by atoms with Gasteiger partial charge in [-0.1, -0.05) is 23.7 Å². The molecule has 1 N–H and O–H groups in total. The third-order valence-electron chi connectivity index (χ3n) is 1.77. The van der Waals surface area contributed by atoms with Gasteiger partial charge in [-0.2, -0.15) is 0 Å². The Balaban J connectivity index is 2.45. The Hall–Kier alpha value is -0.600. The van der Waals surface area contributed by atoms with Crippen LogP contribution in [0.25, 0.3) is 0 Å². The minimum absolute atomic E-state index is 0.189. The van der Waals surface area contributed by atoms with E-state index in [9.17, 15) is 4.39 Å². The fourth-order valence-electron chi connectivity index (χ4n) is 1.07. The van der Waals surface area contributed by atoms with Gasteiger partial charge in [0.15, 0.2) is 0 Å². The van der Waals surface area contributed by atoms with Crippen LogP contribution < -0.4 is 5.32 Å². The van der Waals surface area contributed by atoms with Gasteiger partial charge >= 0.3 is 0 Å². The van der Waals surface area contributed by atoms with Crippen LogP contribution >= 0.6 is 11.6 Å². The molecule has 1 aromatic carbocycles. The molecule has 1 aliphatic rings. The number of nitrogens with one attached hydrogen (secondary N) is 1. The summed E-state index contributed by atoms with van der Waals surface area (Å²) in [6.45, 7) is 0.858. The molecule has 0 radical (unpaired) electrons. The lowest BCUT2D eigenvalue weighted by molar-refractivity contribution is 0.610. The maximum absolute atomic E-state index is 13.1. The average molecular weight is 172 g/mol. The Morgan fingerprint density at radius 2 is 2.27 bits per heavy atom. The van der Waals surface area contributed by atoms with Gasteiger partial charge in [-0.3, -0.25) is 0 Å². The normalized spacial score (nSPS) is 21.8. The van der Waals surface area contributed by atoms with Gasteiger partial charge in [-0.25, -0.2) is 4.39 Å². The molecule has 2 rings (SSSR count). The molecule has 1 nitrogen and oxygen atoms in total. The second kappa shape index (κ2) is 2.47. The molecule has 1 heterocycles. The summed E-state index contributed by atoms with van der Waals surface area (Å²) >= 11 is 5.58. The van der Waals surface area contributed by atoms with E-state index in [0.29, 0.717) is 5.56 Å². The fraction of sp³-hybridized carbons (Fsp3) is 0.250. The molecular weight excluding hydrogens is 165 g/mol. The lowest BCUT2D eigenvalue weighted by Gasteiger charge is -1.99. The third-order valence-corrected chi connectivity index (χ3v) is 2.06. The van der Waals surface area contributed by atoms with E-state index in [1.54, 1.807) is 18.2 Å². The Labute approximate surface area is 69.2 Å². The van der Waals surface area contributed by atoms with E-state index < -0.39 is 0 Å².